The van der Waals surface area contributed by atoms with Gasteiger partial charge in [-0.1, -0.05) is 11.6 Å². The number of halogens is 1. The molecule has 0 atom stereocenters. The Balaban J connectivity index is 2.15. The molecule has 0 aliphatic rings. The average Bonchev–Trinajstić information content (AvgIpc) is 2.87. The number of hydrogen-bond acceptors (Lipinski definition) is 6. The summed E-state index contributed by atoms with van der Waals surface area (Å²) in [6.45, 7) is 0. The summed E-state index contributed by atoms with van der Waals surface area (Å²) in [5.74, 6) is -0.00750. The van der Waals surface area contributed by atoms with Gasteiger partial charge in [-0.05, 0) is 29.5 Å². The van der Waals surface area contributed by atoms with E-state index in [9.17, 15) is 14.9 Å². The molecule has 0 unspecified atom stereocenters. The van der Waals surface area contributed by atoms with Crippen molar-refractivity contribution in [2.45, 2.75) is 0 Å². The van der Waals surface area contributed by atoms with E-state index in [-0.39, 0.29) is 10.1 Å². The lowest BCUT2D eigenvalue weighted by Gasteiger charge is -2.05. The van der Waals surface area contributed by atoms with E-state index in [0.29, 0.717) is 16.3 Å². The zero-order chi connectivity index (χ0) is 14.7. The average molecular weight is 314 g/mol. The molecule has 7 nitrogen and oxygen atoms in total. The van der Waals surface area contributed by atoms with E-state index in [2.05, 4.69) is 10.3 Å². The summed E-state index contributed by atoms with van der Waals surface area (Å²) in [4.78, 5) is 25.6. The van der Waals surface area contributed by atoms with Gasteiger partial charge in [-0.3, -0.25) is 20.2 Å². The number of hydrogen-bond donors (Lipinski definition) is 1. The molecule has 0 aliphatic carbocycles. The van der Waals surface area contributed by atoms with Crippen LogP contribution in [-0.2, 0) is 0 Å². The zero-order valence-corrected chi connectivity index (χ0v) is 11.7. The molecule has 0 aliphatic heterocycles. The largest absolute Gasteiger partial charge is 0.495 e. The standard InChI is InChI=1S/C11H8ClN3O4S/c1-19-8-3-2-6(4-7(8)12)10(16)14-11-13-5-9(20-11)15(17)18/h2-5H,1H3,(H,13,14,16). The summed E-state index contributed by atoms with van der Waals surface area (Å²) >= 11 is 6.69. The minimum atomic E-state index is -0.572. The highest BCUT2D eigenvalue weighted by Crippen LogP contribution is 2.27. The summed E-state index contributed by atoms with van der Waals surface area (Å²) in [6.07, 6.45) is 1.08. The van der Waals surface area contributed by atoms with Gasteiger partial charge >= 0.3 is 5.00 Å². The summed E-state index contributed by atoms with van der Waals surface area (Å²) in [7, 11) is 1.47. The number of amides is 1. The smallest absolute Gasteiger partial charge is 0.345 e. The van der Waals surface area contributed by atoms with E-state index < -0.39 is 10.8 Å². The van der Waals surface area contributed by atoms with Crippen LogP contribution in [0.5, 0.6) is 5.75 Å². The Kier molecular flexibility index (Phi) is 4.16. The fraction of sp³-hybridized carbons (Fsp3) is 0.0909. The second-order valence-corrected chi connectivity index (χ2v) is 4.98. The fourth-order valence-electron chi connectivity index (χ4n) is 1.38. The highest BCUT2D eigenvalue weighted by Gasteiger charge is 2.15. The number of ether oxygens (including phenoxy) is 1. The predicted octanol–water partition coefficient (Wildman–Crippen LogP) is 2.97. The Morgan fingerprint density at radius 1 is 1.55 bits per heavy atom. The number of anilines is 1. The van der Waals surface area contributed by atoms with Crippen molar-refractivity contribution >= 4 is 39.0 Å². The first-order valence-corrected chi connectivity index (χ1v) is 6.46. The molecule has 2 aromatic rings. The van der Waals surface area contributed by atoms with Crippen molar-refractivity contribution < 1.29 is 14.5 Å². The second-order valence-electron chi connectivity index (χ2n) is 3.56. The van der Waals surface area contributed by atoms with Crippen molar-refractivity contribution in [1.82, 2.24) is 4.98 Å². The first kappa shape index (κ1) is 14.2. The third-order valence-electron chi connectivity index (χ3n) is 2.31. The lowest BCUT2D eigenvalue weighted by atomic mass is 10.2. The minimum absolute atomic E-state index is 0.145. The molecular formula is C11H8ClN3O4S. The molecule has 1 aromatic heterocycles. The van der Waals surface area contributed by atoms with Crippen molar-refractivity contribution in [3.8, 4) is 5.75 Å². The SMILES string of the molecule is COc1ccc(C(=O)Nc2ncc([N+](=O)[O-])s2)cc1Cl. The van der Waals surface area contributed by atoms with Crippen LogP contribution >= 0.6 is 22.9 Å². The van der Waals surface area contributed by atoms with Gasteiger partial charge in [-0.2, -0.15) is 0 Å². The lowest BCUT2D eigenvalue weighted by Crippen LogP contribution is -2.11. The molecule has 1 amide bonds. The number of rotatable bonds is 4. The van der Waals surface area contributed by atoms with Gasteiger partial charge in [0, 0.05) is 5.56 Å². The van der Waals surface area contributed by atoms with Crippen molar-refractivity contribution in [2.24, 2.45) is 0 Å². The highest BCUT2D eigenvalue weighted by atomic mass is 35.5. The van der Waals surface area contributed by atoms with Crippen LogP contribution in [0, 0.1) is 10.1 Å². The van der Waals surface area contributed by atoms with Crippen LogP contribution in [-0.4, -0.2) is 22.9 Å². The predicted molar refractivity (Wildman–Crippen MR) is 74.7 cm³/mol. The summed E-state index contributed by atoms with van der Waals surface area (Å²) in [5, 5.41) is 13.3. The number of carbonyl (C=O) groups excluding carboxylic acids is 1. The van der Waals surface area contributed by atoms with Gasteiger partial charge < -0.3 is 4.74 Å². The molecule has 9 heteroatoms. The third kappa shape index (κ3) is 3.03. The fourth-order valence-corrected chi connectivity index (χ4v) is 2.27. The maximum absolute atomic E-state index is 11.9. The first-order chi connectivity index (χ1) is 9.51. The molecule has 1 aromatic carbocycles. The zero-order valence-electron chi connectivity index (χ0n) is 10.1. The molecule has 0 bridgehead atoms. The van der Waals surface area contributed by atoms with Crippen LogP contribution < -0.4 is 10.1 Å². The molecule has 20 heavy (non-hydrogen) atoms. The van der Waals surface area contributed by atoms with E-state index in [0.717, 1.165) is 17.5 Å². The van der Waals surface area contributed by atoms with Crippen LogP contribution in [0.15, 0.2) is 24.4 Å². The summed E-state index contributed by atoms with van der Waals surface area (Å²) in [6, 6.07) is 4.53. The topological polar surface area (TPSA) is 94.4 Å². The van der Waals surface area contributed by atoms with E-state index in [1.165, 1.54) is 19.2 Å². The first-order valence-electron chi connectivity index (χ1n) is 5.26. The van der Waals surface area contributed by atoms with Gasteiger partial charge in [0.25, 0.3) is 5.91 Å². The summed E-state index contributed by atoms with van der Waals surface area (Å²) in [5.41, 5.74) is 0.300. The van der Waals surface area contributed by atoms with E-state index in [1.54, 1.807) is 6.07 Å². The van der Waals surface area contributed by atoms with Gasteiger partial charge in [-0.15, -0.1) is 0 Å². The Bertz CT molecular complexity index is 673. The van der Waals surface area contributed by atoms with E-state index in [4.69, 9.17) is 16.3 Å². The number of nitrogens with one attached hydrogen (secondary N) is 1. The van der Waals surface area contributed by atoms with Gasteiger partial charge in [-0.25, -0.2) is 4.98 Å². The maximum Gasteiger partial charge on any atom is 0.345 e. The van der Waals surface area contributed by atoms with Crippen LogP contribution in [0.25, 0.3) is 0 Å². The van der Waals surface area contributed by atoms with Gasteiger partial charge in [0.05, 0.1) is 17.1 Å². The van der Waals surface area contributed by atoms with Gasteiger partial charge in [0.1, 0.15) is 11.9 Å². The monoisotopic (exact) mass is 313 g/mol. The molecule has 0 radical (unpaired) electrons. The molecule has 0 fully saturated rings. The van der Waals surface area contributed by atoms with Crippen molar-refractivity contribution in [3.05, 3.63) is 45.1 Å². The number of methoxy groups -OCH3 is 1. The Labute approximate surface area is 122 Å². The van der Waals surface area contributed by atoms with Crippen LogP contribution in [0.1, 0.15) is 10.4 Å². The molecular weight excluding hydrogens is 306 g/mol. The molecule has 0 spiro atoms. The van der Waals surface area contributed by atoms with Crippen molar-refractivity contribution in [1.29, 1.82) is 0 Å². The van der Waals surface area contributed by atoms with Gasteiger partial charge in [0.2, 0.25) is 0 Å². The minimum Gasteiger partial charge on any atom is -0.495 e. The number of nitro groups is 1. The molecule has 0 saturated heterocycles. The molecule has 1 heterocycles. The Hall–Kier alpha value is -2.19. The van der Waals surface area contributed by atoms with Crippen molar-refractivity contribution in [2.75, 3.05) is 12.4 Å². The number of aromatic nitrogens is 1. The van der Waals surface area contributed by atoms with Crippen LogP contribution in [0.2, 0.25) is 5.02 Å². The van der Waals surface area contributed by atoms with E-state index in [1.807, 2.05) is 0 Å². The Morgan fingerprint density at radius 2 is 2.30 bits per heavy atom. The van der Waals surface area contributed by atoms with Crippen LogP contribution in [0.3, 0.4) is 0 Å². The molecule has 1 N–H and O–H groups in total. The third-order valence-corrected chi connectivity index (χ3v) is 3.47. The quantitative estimate of drug-likeness (QED) is 0.691. The van der Waals surface area contributed by atoms with Crippen LogP contribution in [0.4, 0.5) is 10.1 Å². The number of carbonyl (C=O) groups is 1. The number of benzene rings is 1. The van der Waals surface area contributed by atoms with Crippen molar-refractivity contribution in [3.63, 3.8) is 0 Å². The van der Waals surface area contributed by atoms with E-state index >= 15 is 0 Å². The molecule has 104 valence electrons. The molecule has 0 saturated carbocycles. The Morgan fingerprint density at radius 3 is 2.85 bits per heavy atom. The highest BCUT2D eigenvalue weighted by molar-refractivity contribution is 7.18. The molecule has 2 rings (SSSR count). The number of thiazole rings is 1. The number of nitrogens with zero attached hydrogens (tertiary/aromatic N) is 2. The normalized spacial score (nSPS) is 10.1. The summed E-state index contributed by atoms with van der Waals surface area (Å²) < 4.78 is 4.98. The second kappa shape index (κ2) is 5.85. The maximum atomic E-state index is 11.9. The van der Waals surface area contributed by atoms with Gasteiger partial charge in [0.15, 0.2) is 5.13 Å². The lowest BCUT2D eigenvalue weighted by molar-refractivity contribution is -0.380.